The molecule has 0 N–H and O–H groups in total. The van der Waals surface area contributed by atoms with Crippen molar-refractivity contribution in [3.63, 3.8) is 0 Å². The third-order valence-electron chi connectivity index (χ3n) is 6.03. The molecule has 1 amide bonds. The topological polar surface area (TPSA) is 58.4 Å². The zero-order valence-electron chi connectivity index (χ0n) is 18.1. The van der Waals surface area contributed by atoms with Crippen LogP contribution in [0.3, 0.4) is 0 Å². The Balaban J connectivity index is 1.50. The van der Waals surface area contributed by atoms with Gasteiger partial charge in [-0.25, -0.2) is 4.98 Å². The van der Waals surface area contributed by atoms with Crippen molar-refractivity contribution in [2.45, 2.75) is 19.1 Å². The molecule has 33 heavy (non-hydrogen) atoms. The molecule has 10 heteroatoms. The van der Waals surface area contributed by atoms with Crippen LogP contribution < -0.4 is 5.56 Å². The number of carbonyl (C=O) groups is 1. The Morgan fingerprint density at radius 1 is 1.09 bits per heavy atom. The molecule has 0 aliphatic carbocycles. The van der Waals surface area contributed by atoms with Gasteiger partial charge in [0.1, 0.15) is 5.82 Å². The molecule has 2 aromatic carbocycles. The predicted molar refractivity (Wildman–Crippen MR) is 119 cm³/mol. The number of amides is 1. The van der Waals surface area contributed by atoms with E-state index in [1.807, 2.05) is 6.92 Å². The Morgan fingerprint density at radius 3 is 2.45 bits per heavy atom. The average Bonchev–Trinajstić information content (AvgIpc) is 2.80. The fraction of sp³-hybridized carbons (Fsp3) is 0.348. The summed E-state index contributed by atoms with van der Waals surface area (Å²) in [6, 6.07) is 9.22. The molecule has 1 aliphatic heterocycles. The van der Waals surface area contributed by atoms with E-state index < -0.39 is 17.6 Å². The van der Waals surface area contributed by atoms with E-state index in [2.05, 4.69) is 9.88 Å². The van der Waals surface area contributed by atoms with Crippen LogP contribution in [0.25, 0.3) is 10.9 Å². The summed E-state index contributed by atoms with van der Waals surface area (Å²) >= 11 is 6.06. The SMILES string of the molecule is CC(c1nc2cc(Cl)ccc2c(=O)n1C)N1CCN(C(=O)c2cccc(C(F)(F)F)c2)CC1. The van der Waals surface area contributed by atoms with Crippen molar-refractivity contribution in [1.29, 1.82) is 0 Å². The third kappa shape index (κ3) is 4.60. The summed E-state index contributed by atoms with van der Waals surface area (Å²) < 4.78 is 40.5. The summed E-state index contributed by atoms with van der Waals surface area (Å²) in [5, 5.41) is 0.970. The van der Waals surface area contributed by atoms with Crippen LogP contribution in [-0.4, -0.2) is 51.4 Å². The minimum absolute atomic E-state index is 0.0156. The third-order valence-corrected chi connectivity index (χ3v) is 6.27. The second kappa shape index (κ2) is 8.79. The molecule has 1 atom stereocenters. The Hall–Kier alpha value is -2.91. The summed E-state index contributed by atoms with van der Waals surface area (Å²) in [7, 11) is 1.67. The maximum Gasteiger partial charge on any atom is 0.416 e. The number of nitrogens with zero attached hydrogens (tertiary/aromatic N) is 4. The lowest BCUT2D eigenvalue weighted by molar-refractivity contribution is -0.137. The molecule has 3 aromatic rings. The standard InChI is InChI=1S/C23H22ClF3N4O2/c1-14(20-28-19-13-17(24)6-7-18(19)22(33)29(20)2)30-8-10-31(11-9-30)21(32)15-4-3-5-16(12-15)23(25,26)27/h3-7,12-14H,8-11H2,1-2H3. The molecular weight excluding hydrogens is 457 g/mol. The highest BCUT2D eigenvalue weighted by molar-refractivity contribution is 6.31. The molecule has 2 heterocycles. The fourth-order valence-electron chi connectivity index (χ4n) is 4.12. The molecule has 0 bridgehead atoms. The molecule has 0 saturated carbocycles. The van der Waals surface area contributed by atoms with Crippen molar-refractivity contribution in [2.24, 2.45) is 7.05 Å². The first kappa shape index (κ1) is 23.3. The molecule has 6 nitrogen and oxygen atoms in total. The van der Waals surface area contributed by atoms with Crippen LogP contribution in [-0.2, 0) is 13.2 Å². The van der Waals surface area contributed by atoms with Gasteiger partial charge in [0.2, 0.25) is 0 Å². The number of hydrogen-bond acceptors (Lipinski definition) is 4. The summed E-state index contributed by atoms with van der Waals surface area (Å²) in [6.07, 6.45) is -4.50. The summed E-state index contributed by atoms with van der Waals surface area (Å²) in [5.41, 5.74) is -0.478. The van der Waals surface area contributed by atoms with Gasteiger partial charge in [-0.1, -0.05) is 17.7 Å². The van der Waals surface area contributed by atoms with Crippen LogP contribution in [0.15, 0.2) is 47.3 Å². The fourth-order valence-corrected chi connectivity index (χ4v) is 4.29. The minimum Gasteiger partial charge on any atom is -0.336 e. The minimum atomic E-state index is -4.50. The van der Waals surface area contributed by atoms with E-state index in [9.17, 15) is 22.8 Å². The van der Waals surface area contributed by atoms with Gasteiger partial charge >= 0.3 is 6.18 Å². The van der Waals surface area contributed by atoms with Gasteiger partial charge in [0, 0.05) is 43.8 Å². The molecular formula is C23H22ClF3N4O2. The zero-order valence-corrected chi connectivity index (χ0v) is 18.8. The molecule has 0 spiro atoms. The van der Waals surface area contributed by atoms with Gasteiger partial charge in [-0.15, -0.1) is 0 Å². The number of hydrogen-bond donors (Lipinski definition) is 0. The van der Waals surface area contributed by atoms with Gasteiger partial charge in [-0.05, 0) is 43.3 Å². The summed E-state index contributed by atoms with van der Waals surface area (Å²) in [4.78, 5) is 33.8. The maximum atomic E-state index is 13.0. The van der Waals surface area contributed by atoms with E-state index in [1.54, 1.807) is 30.1 Å². The summed E-state index contributed by atoms with van der Waals surface area (Å²) in [5.74, 6) is 0.145. The van der Waals surface area contributed by atoms with Gasteiger partial charge in [-0.3, -0.25) is 19.1 Å². The summed E-state index contributed by atoms with van der Waals surface area (Å²) in [6.45, 7) is 3.63. The first-order valence-corrected chi connectivity index (χ1v) is 10.8. The molecule has 1 unspecified atom stereocenters. The highest BCUT2D eigenvalue weighted by Crippen LogP contribution is 2.30. The van der Waals surface area contributed by atoms with Gasteiger partial charge in [0.25, 0.3) is 11.5 Å². The van der Waals surface area contributed by atoms with Crippen LogP contribution in [0.2, 0.25) is 5.02 Å². The highest BCUT2D eigenvalue weighted by atomic mass is 35.5. The smallest absolute Gasteiger partial charge is 0.336 e. The predicted octanol–water partition coefficient (Wildman–Crippen LogP) is 4.12. The van der Waals surface area contributed by atoms with Crippen molar-refractivity contribution in [3.05, 3.63) is 74.8 Å². The number of carbonyl (C=O) groups excluding carboxylic acids is 1. The average molecular weight is 479 g/mol. The van der Waals surface area contributed by atoms with E-state index in [0.29, 0.717) is 47.9 Å². The van der Waals surface area contributed by atoms with E-state index in [1.165, 1.54) is 16.7 Å². The molecule has 0 radical (unpaired) electrons. The Bertz CT molecular complexity index is 1270. The first-order chi connectivity index (χ1) is 15.6. The second-order valence-corrected chi connectivity index (χ2v) is 8.51. The number of alkyl halides is 3. The van der Waals surface area contributed by atoms with E-state index in [4.69, 9.17) is 11.6 Å². The number of benzene rings is 2. The Morgan fingerprint density at radius 2 is 1.79 bits per heavy atom. The first-order valence-electron chi connectivity index (χ1n) is 10.4. The van der Waals surface area contributed by atoms with Crippen molar-refractivity contribution in [3.8, 4) is 0 Å². The maximum absolute atomic E-state index is 13.0. The van der Waals surface area contributed by atoms with Crippen LogP contribution in [0, 0.1) is 0 Å². The van der Waals surface area contributed by atoms with E-state index in [-0.39, 0.29) is 17.2 Å². The van der Waals surface area contributed by atoms with Gasteiger partial charge in [0.15, 0.2) is 0 Å². The lowest BCUT2D eigenvalue weighted by atomic mass is 10.1. The van der Waals surface area contributed by atoms with Crippen LogP contribution in [0.1, 0.15) is 34.7 Å². The van der Waals surface area contributed by atoms with Crippen molar-refractivity contribution < 1.29 is 18.0 Å². The second-order valence-electron chi connectivity index (χ2n) is 8.08. The van der Waals surface area contributed by atoms with Crippen molar-refractivity contribution in [1.82, 2.24) is 19.4 Å². The monoisotopic (exact) mass is 478 g/mol. The van der Waals surface area contributed by atoms with Crippen molar-refractivity contribution in [2.75, 3.05) is 26.2 Å². The number of piperazine rings is 1. The normalized spacial score (nSPS) is 16.2. The molecule has 4 rings (SSSR count). The van der Waals surface area contributed by atoms with E-state index >= 15 is 0 Å². The molecule has 1 fully saturated rings. The number of halogens is 4. The van der Waals surface area contributed by atoms with Gasteiger partial charge < -0.3 is 4.90 Å². The molecule has 1 aromatic heterocycles. The lowest BCUT2D eigenvalue weighted by Gasteiger charge is -2.38. The van der Waals surface area contributed by atoms with Crippen molar-refractivity contribution >= 4 is 28.4 Å². The lowest BCUT2D eigenvalue weighted by Crippen LogP contribution is -2.50. The van der Waals surface area contributed by atoms with Gasteiger partial charge in [0.05, 0.1) is 22.5 Å². The van der Waals surface area contributed by atoms with Crippen LogP contribution in [0.4, 0.5) is 13.2 Å². The molecule has 1 saturated heterocycles. The van der Waals surface area contributed by atoms with Crippen LogP contribution >= 0.6 is 11.6 Å². The quantitative estimate of drug-likeness (QED) is 0.568. The molecule has 1 aliphatic rings. The number of rotatable bonds is 3. The number of fused-ring (bicyclic) bond motifs is 1. The number of aromatic nitrogens is 2. The Kier molecular flexibility index (Phi) is 6.20. The molecule has 174 valence electrons. The van der Waals surface area contributed by atoms with E-state index in [0.717, 1.165) is 12.1 Å². The van der Waals surface area contributed by atoms with Crippen LogP contribution in [0.5, 0.6) is 0 Å². The highest BCUT2D eigenvalue weighted by Gasteiger charge is 2.32. The Labute approximate surface area is 193 Å². The largest absolute Gasteiger partial charge is 0.416 e. The zero-order chi connectivity index (χ0) is 23.9. The van der Waals surface area contributed by atoms with Gasteiger partial charge in [-0.2, -0.15) is 13.2 Å².